The molecule has 160 valence electrons. The van der Waals surface area contributed by atoms with Crippen LogP contribution >= 0.6 is 22.9 Å². The minimum absolute atomic E-state index is 0.0121. The fraction of sp³-hybridized carbons (Fsp3) is 0.348. The van der Waals surface area contributed by atoms with Gasteiger partial charge < -0.3 is 9.64 Å². The van der Waals surface area contributed by atoms with Gasteiger partial charge in [-0.3, -0.25) is 14.5 Å². The van der Waals surface area contributed by atoms with Gasteiger partial charge in [0, 0.05) is 30.3 Å². The fourth-order valence-electron chi connectivity index (χ4n) is 4.21. The Bertz CT molecular complexity index is 1110. The number of para-hydroxylation sites is 1. The van der Waals surface area contributed by atoms with Gasteiger partial charge in [-0.2, -0.15) is 0 Å². The van der Waals surface area contributed by atoms with Crippen LogP contribution in [0.2, 0.25) is 5.02 Å². The molecular weight excluding hydrogens is 434 g/mol. The second-order valence-electron chi connectivity index (χ2n) is 7.93. The number of rotatable bonds is 5. The van der Waals surface area contributed by atoms with Crippen molar-refractivity contribution < 1.29 is 14.3 Å². The minimum atomic E-state index is -0.412. The number of thiazole rings is 1. The number of fused-ring (bicyclic) bond motifs is 1. The number of carbonyl (C=O) groups is 2. The van der Waals surface area contributed by atoms with Gasteiger partial charge in [0.15, 0.2) is 5.13 Å². The van der Waals surface area contributed by atoms with Crippen LogP contribution in [0.1, 0.15) is 19.3 Å². The average molecular weight is 456 g/mol. The largest absolute Gasteiger partial charge is 0.376 e. The third-order valence-electron chi connectivity index (χ3n) is 5.79. The van der Waals surface area contributed by atoms with Crippen LogP contribution in [0.15, 0.2) is 48.5 Å². The molecule has 0 N–H and O–H groups in total. The van der Waals surface area contributed by atoms with Gasteiger partial charge in [-0.15, -0.1) is 0 Å². The molecule has 2 aromatic carbocycles. The molecule has 8 heteroatoms. The van der Waals surface area contributed by atoms with E-state index in [1.165, 1.54) is 11.3 Å². The quantitative estimate of drug-likeness (QED) is 0.567. The second-order valence-corrected chi connectivity index (χ2v) is 9.38. The number of benzene rings is 2. The SMILES string of the molecule is O=C1CC(C(=O)N(CC2CCCO2)c2nc3ccc(Cl)cc3s2)CN1c1ccccc1. The molecule has 3 heterocycles. The van der Waals surface area contributed by atoms with Gasteiger partial charge in [-0.25, -0.2) is 4.98 Å². The number of hydrogen-bond acceptors (Lipinski definition) is 5. The summed E-state index contributed by atoms with van der Waals surface area (Å²) in [4.78, 5) is 34.4. The van der Waals surface area contributed by atoms with E-state index in [0.29, 0.717) is 29.9 Å². The van der Waals surface area contributed by atoms with Crippen LogP contribution in [0.3, 0.4) is 0 Å². The van der Waals surface area contributed by atoms with E-state index in [1.807, 2.05) is 42.5 Å². The van der Waals surface area contributed by atoms with Gasteiger partial charge in [0.2, 0.25) is 11.8 Å². The molecule has 1 aromatic heterocycles. The lowest BCUT2D eigenvalue weighted by atomic mass is 10.1. The topological polar surface area (TPSA) is 62.7 Å². The maximum absolute atomic E-state index is 13.6. The number of ether oxygens (including phenoxy) is 1. The summed E-state index contributed by atoms with van der Waals surface area (Å²) in [6.07, 6.45) is 2.10. The highest BCUT2D eigenvalue weighted by atomic mass is 35.5. The van der Waals surface area contributed by atoms with Crippen molar-refractivity contribution in [1.29, 1.82) is 0 Å². The zero-order valence-corrected chi connectivity index (χ0v) is 18.4. The van der Waals surface area contributed by atoms with E-state index >= 15 is 0 Å². The Labute approximate surface area is 189 Å². The molecule has 2 unspecified atom stereocenters. The molecule has 2 amide bonds. The van der Waals surface area contributed by atoms with Crippen molar-refractivity contribution in [2.75, 3.05) is 29.5 Å². The Morgan fingerprint density at radius 1 is 1.26 bits per heavy atom. The van der Waals surface area contributed by atoms with Crippen LogP contribution < -0.4 is 9.80 Å². The molecule has 6 nitrogen and oxygen atoms in total. The van der Waals surface area contributed by atoms with E-state index in [4.69, 9.17) is 21.3 Å². The molecule has 2 atom stereocenters. The summed E-state index contributed by atoms with van der Waals surface area (Å²) >= 11 is 7.58. The van der Waals surface area contributed by atoms with Gasteiger partial charge in [-0.05, 0) is 43.2 Å². The summed E-state index contributed by atoms with van der Waals surface area (Å²) in [6, 6.07) is 15.0. The van der Waals surface area contributed by atoms with Crippen molar-refractivity contribution in [1.82, 2.24) is 4.98 Å². The first-order chi connectivity index (χ1) is 15.1. The molecule has 0 spiro atoms. The van der Waals surface area contributed by atoms with Crippen LogP contribution in [-0.2, 0) is 14.3 Å². The highest BCUT2D eigenvalue weighted by Gasteiger charge is 2.39. The predicted molar refractivity (Wildman–Crippen MR) is 123 cm³/mol. The van der Waals surface area contributed by atoms with Crippen molar-refractivity contribution in [3.8, 4) is 0 Å². The van der Waals surface area contributed by atoms with Crippen LogP contribution in [0.5, 0.6) is 0 Å². The normalized spacial score (nSPS) is 21.2. The van der Waals surface area contributed by atoms with E-state index < -0.39 is 5.92 Å². The number of hydrogen-bond donors (Lipinski definition) is 0. The highest BCUT2D eigenvalue weighted by molar-refractivity contribution is 7.22. The number of aromatic nitrogens is 1. The first-order valence-electron chi connectivity index (χ1n) is 10.4. The van der Waals surface area contributed by atoms with Gasteiger partial charge >= 0.3 is 0 Å². The number of nitrogens with zero attached hydrogens (tertiary/aromatic N) is 3. The summed E-state index contributed by atoms with van der Waals surface area (Å²) in [5.74, 6) is -0.519. The minimum Gasteiger partial charge on any atom is -0.376 e. The summed E-state index contributed by atoms with van der Waals surface area (Å²) < 4.78 is 6.74. The number of halogens is 1. The third-order valence-corrected chi connectivity index (χ3v) is 7.06. The number of amides is 2. The highest BCUT2D eigenvalue weighted by Crippen LogP contribution is 2.34. The predicted octanol–water partition coefficient (Wildman–Crippen LogP) is 4.51. The summed E-state index contributed by atoms with van der Waals surface area (Å²) in [6.45, 7) is 1.54. The Morgan fingerprint density at radius 2 is 2.10 bits per heavy atom. The molecular formula is C23H22ClN3O3S. The lowest BCUT2D eigenvalue weighted by Crippen LogP contribution is -2.42. The molecule has 2 fully saturated rings. The van der Waals surface area contributed by atoms with Gasteiger partial charge in [-0.1, -0.05) is 41.1 Å². The molecule has 2 saturated heterocycles. The Morgan fingerprint density at radius 3 is 2.87 bits per heavy atom. The summed E-state index contributed by atoms with van der Waals surface area (Å²) in [5.41, 5.74) is 1.63. The smallest absolute Gasteiger partial charge is 0.234 e. The van der Waals surface area contributed by atoms with E-state index in [0.717, 1.165) is 28.7 Å². The van der Waals surface area contributed by atoms with E-state index in [-0.39, 0.29) is 24.3 Å². The van der Waals surface area contributed by atoms with Crippen molar-refractivity contribution in [3.63, 3.8) is 0 Å². The monoisotopic (exact) mass is 455 g/mol. The zero-order valence-electron chi connectivity index (χ0n) is 16.9. The molecule has 2 aliphatic heterocycles. The van der Waals surface area contributed by atoms with Crippen LogP contribution in [0, 0.1) is 5.92 Å². The van der Waals surface area contributed by atoms with Crippen molar-refractivity contribution >= 4 is 55.8 Å². The van der Waals surface area contributed by atoms with Crippen molar-refractivity contribution in [2.45, 2.75) is 25.4 Å². The van der Waals surface area contributed by atoms with E-state index in [9.17, 15) is 9.59 Å². The standard InChI is InChI=1S/C23H22ClN3O3S/c24-16-8-9-19-20(12-16)31-23(25-19)27(14-18-7-4-10-30-18)22(29)15-11-21(28)26(13-15)17-5-2-1-3-6-17/h1-3,5-6,8-9,12,15,18H,4,7,10-11,13-14H2. The van der Waals surface area contributed by atoms with E-state index in [1.54, 1.807) is 15.9 Å². The molecule has 0 radical (unpaired) electrons. The van der Waals surface area contributed by atoms with Crippen molar-refractivity contribution in [3.05, 3.63) is 53.6 Å². The Balaban J connectivity index is 1.43. The lowest BCUT2D eigenvalue weighted by Gasteiger charge is -2.25. The van der Waals surface area contributed by atoms with Gasteiger partial charge in [0.05, 0.1) is 28.8 Å². The maximum Gasteiger partial charge on any atom is 0.234 e. The molecule has 2 aliphatic rings. The second kappa shape index (κ2) is 8.57. The summed E-state index contributed by atoms with van der Waals surface area (Å²) in [7, 11) is 0. The molecule has 31 heavy (non-hydrogen) atoms. The number of anilines is 2. The first kappa shape index (κ1) is 20.4. The van der Waals surface area contributed by atoms with E-state index in [2.05, 4.69) is 0 Å². The van der Waals surface area contributed by atoms with Crippen LogP contribution in [-0.4, -0.2) is 42.6 Å². The zero-order chi connectivity index (χ0) is 21.4. The Hall–Kier alpha value is -2.48. The maximum atomic E-state index is 13.6. The molecule has 0 bridgehead atoms. The molecule has 5 rings (SSSR count). The molecule has 3 aromatic rings. The third kappa shape index (κ3) is 4.18. The molecule has 0 aliphatic carbocycles. The molecule has 0 saturated carbocycles. The van der Waals surface area contributed by atoms with Gasteiger partial charge in [0.25, 0.3) is 0 Å². The fourth-order valence-corrected chi connectivity index (χ4v) is 5.46. The van der Waals surface area contributed by atoms with Crippen LogP contribution in [0.4, 0.5) is 10.8 Å². The Kier molecular flexibility index (Phi) is 5.65. The van der Waals surface area contributed by atoms with Crippen LogP contribution in [0.25, 0.3) is 10.2 Å². The lowest BCUT2D eigenvalue weighted by molar-refractivity contribution is -0.124. The number of carbonyl (C=O) groups excluding carboxylic acids is 2. The first-order valence-corrected chi connectivity index (χ1v) is 11.6. The summed E-state index contributed by atoms with van der Waals surface area (Å²) in [5, 5.41) is 1.27. The van der Waals surface area contributed by atoms with Crippen molar-refractivity contribution in [2.24, 2.45) is 5.92 Å². The van der Waals surface area contributed by atoms with Gasteiger partial charge in [0.1, 0.15) is 0 Å². The average Bonchev–Trinajstić information content (AvgIpc) is 3.51.